The van der Waals surface area contributed by atoms with Crippen LogP contribution in [0.2, 0.25) is 0 Å². The summed E-state index contributed by atoms with van der Waals surface area (Å²) in [6.07, 6.45) is 36.7. The molecule has 0 saturated heterocycles. The molecule has 8 aliphatic carbocycles. The third kappa shape index (κ3) is 6.22. The first-order chi connectivity index (χ1) is 14.9. The van der Waals surface area contributed by atoms with E-state index >= 15 is 0 Å². The predicted octanol–water partition coefficient (Wildman–Crippen LogP) is 7.37. The first kappa shape index (κ1) is 27.6. The fourth-order valence-electron chi connectivity index (χ4n) is 6.16. The van der Waals surface area contributed by atoms with Crippen molar-refractivity contribution in [3.63, 3.8) is 0 Å². The van der Waals surface area contributed by atoms with Gasteiger partial charge in [-0.2, -0.15) is 0 Å². The van der Waals surface area contributed by atoms with E-state index in [1.54, 1.807) is 0 Å². The van der Waals surface area contributed by atoms with Crippen molar-refractivity contribution in [2.45, 2.75) is 77.0 Å². The van der Waals surface area contributed by atoms with Crippen molar-refractivity contribution >= 4 is 0 Å². The van der Waals surface area contributed by atoms with Crippen molar-refractivity contribution < 1.29 is 33.6 Å². The van der Waals surface area contributed by atoms with Crippen LogP contribution in [-0.2, 0) is 33.6 Å². The standard InChI is InChI=1S/C20H24.2C5H5.2Co/c1-5-13-15-7-2-8-16-14(6-1)18-10-3-9-17(13)19(15)11-4-12-20(16)18;2*1-2-4-5-3-1;;/h1-12H2;2*1-5H;;. The van der Waals surface area contributed by atoms with Gasteiger partial charge in [0.05, 0.1) is 0 Å². The molecule has 0 unspecified atom stereocenters. The van der Waals surface area contributed by atoms with Crippen molar-refractivity contribution in [3.8, 4) is 0 Å². The minimum absolute atomic E-state index is 0. The van der Waals surface area contributed by atoms with Gasteiger partial charge >= 0.3 is 0 Å². The molecule has 8 fully saturated rings. The molecule has 8 aliphatic rings. The van der Waals surface area contributed by atoms with Gasteiger partial charge in [-0.05, 0) is 163 Å². The Bertz CT molecular complexity index is 366. The van der Waals surface area contributed by atoms with E-state index in [2.05, 4.69) is 0 Å². The molecule has 0 nitrogen and oxygen atoms in total. The topological polar surface area (TPSA) is 0 Å². The fraction of sp³-hybridized carbons (Fsp3) is 0.400. The summed E-state index contributed by atoms with van der Waals surface area (Å²) in [6.45, 7) is 0. The van der Waals surface area contributed by atoms with E-state index in [0.29, 0.717) is 0 Å². The van der Waals surface area contributed by atoms with Crippen molar-refractivity contribution in [1.29, 1.82) is 0 Å². The van der Waals surface area contributed by atoms with E-state index in [1.807, 2.05) is 112 Å². The second-order valence-electron chi connectivity index (χ2n) is 9.17. The van der Waals surface area contributed by atoms with Gasteiger partial charge in [-0.1, -0.05) is 25.7 Å². The van der Waals surface area contributed by atoms with Gasteiger partial charge in [0.25, 0.3) is 0 Å². The zero-order valence-corrected chi connectivity index (χ0v) is 21.0. The Morgan fingerprint density at radius 3 is 0.500 bits per heavy atom. The molecule has 20 radical (unpaired) electrons. The summed E-state index contributed by atoms with van der Waals surface area (Å²) in [5.41, 5.74) is 0. The number of hydrogen-bond acceptors (Lipinski definition) is 0. The van der Waals surface area contributed by atoms with Crippen LogP contribution >= 0.6 is 0 Å². The second-order valence-corrected chi connectivity index (χ2v) is 9.17. The molecule has 2 heteroatoms. The molecule has 0 aromatic rings. The first-order valence-electron chi connectivity index (χ1n) is 12.2. The van der Waals surface area contributed by atoms with Crippen molar-refractivity contribution in [1.82, 2.24) is 0 Å². The van der Waals surface area contributed by atoms with Crippen molar-refractivity contribution in [3.05, 3.63) is 112 Å². The molecule has 0 N–H and O–H groups in total. The van der Waals surface area contributed by atoms with Crippen LogP contribution in [-0.4, -0.2) is 0 Å². The SMILES string of the molecule is C1C[C]2[C]3CCC[C]4[C](C1)[C]1CCC[C]2[C]3CCC[C]41.[CH]1[CH][CH][CH][CH]1.[CH]1[CH][CH][CH][CH]1.[Co].[Co]. The van der Waals surface area contributed by atoms with Crippen LogP contribution < -0.4 is 0 Å². The Kier molecular flexibility index (Phi) is 12.0. The number of hydrogen-bond donors (Lipinski definition) is 0. The molecular formula is C30H34Co2. The summed E-state index contributed by atoms with van der Waals surface area (Å²) in [7, 11) is 0. The maximum atomic E-state index is 2.00. The first-order valence-corrected chi connectivity index (χ1v) is 12.2. The van der Waals surface area contributed by atoms with E-state index in [1.165, 1.54) is 77.0 Å². The summed E-state index contributed by atoms with van der Waals surface area (Å²) in [6, 6.07) is 0. The van der Waals surface area contributed by atoms with Gasteiger partial charge in [0.15, 0.2) is 0 Å². The van der Waals surface area contributed by atoms with Gasteiger partial charge in [-0.3, -0.25) is 0 Å². The molecule has 8 saturated carbocycles. The molecule has 0 atom stereocenters. The van der Waals surface area contributed by atoms with Crippen LogP contribution in [0.3, 0.4) is 0 Å². The summed E-state index contributed by atoms with van der Waals surface area (Å²) in [5, 5.41) is 0. The Balaban J connectivity index is 0.000000201. The van der Waals surface area contributed by atoms with Crippen LogP contribution in [0.5, 0.6) is 0 Å². The van der Waals surface area contributed by atoms with Crippen LogP contribution in [0.1, 0.15) is 77.0 Å². The van der Waals surface area contributed by atoms with Crippen LogP contribution in [0, 0.1) is 112 Å². The largest absolute Gasteiger partial charge is 0.0521 e. The molecular weight excluding hydrogens is 478 g/mol. The summed E-state index contributed by atoms with van der Waals surface area (Å²) < 4.78 is 0. The molecule has 32 heavy (non-hydrogen) atoms. The van der Waals surface area contributed by atoms with Gasteiger partial charge in [0.1, 0.15) is 0 Å². The average molecular weight is 512 g/mol. The summed E-state index contributed by atoms with van der Waals surface area (Å²) >= 11 is 0. The third-order valence-electron chi connectivity index (χ3n) is 7.44. The van der Waals surface area contributed by atoms with E-state index in [-0.39, 0.29) is 33.6 Å². The van der Waals surface area contributed by atoms with Crippen molar-refractivity contribution in [2.24, 2.45) is 0 Å². The van der Waals surface area contributed by atoms with Crippen LogP contribution in [0.4, 0.5) is 0 Å². The van der Waals surface area contributed by atoms with E-state index in [0.717, 1.165) is 0 Å². The number of fused-ring (bicyclic) bond motifs is 8. The molecule has 8 bridgehead atoms. The Morgan fingerprint density at radius 2 is 0.375 bits per heavy atom. The Hall–Kier alpha value is 1.01. The zero-order valence-electron chi connectivity index (χ0n) is 18.9. The minimum atomic E-state index is 0. The van der Waals surface area contributed by atoms with Crippen molar-refractivity contribution in [2.75, 3.05) is 0 Å². The van der Waals surface area contributed by atoms with E-state index in [9.17, 15) is 0 Å². The second kappa shape index (κ2) is 13.9. The van der Waals surface area contributed by atoms with Gasteiger partial charge in [-0.15, -0.1) is 0 Å². The zero-order chi connectivity index (χ0) is 20.2. The molecule has 0 aliphatic heterocycles. The van der Waals surface area contributed by atoms with Crippen LogP contribution in [0.15, 0.2) is 0 Å². The molecule has 8 rings (SSSR count). The molecule has 172 valence electrons. The third-order valence-corrected chi connectivity index (χ3v) is 7.44. The maximum absolute atomic E-state index is 2.00. The Morgan fingerprint density at radius 1 is 0.250 bits per heavy atom. The van der Waals surface area contributed by atoms with Gasteiger partial charge in [0, 0.05) is 33.6 Å². The molecule has 0 aromatic heterocycles. The minimum Gasteiger partial charge on any atom is -0.0521 e. The van der Waals surface area contributed by atoms with E-state index < -0.39 is 0 Å². The van der Waals surface area contributed by atoms with Gasteiger partial charge in [0.2, 0.25) is 0 Å². The smallest absolute Gasteiger partial charge is 0 e. The normalized spacial score (nSPS) is 30.0. The molecule has 0 aromatic carbocycles. The quantitative estimate of drug-likeness (QED) is 0.318. The van der Waals surface area contributed by atoms with Gasteiger partial charge < -0.3 is 0 Å². The molecule has 0 amide bonds. The maximum Gasteiger partial charge on any atom is 0 e. The summed E-state index contributed by atoms with van der Waals surface area (Å²) in [5.74, 6) is 14.6. The van der Waals surface area contributed by atoms with Gasteiger partial charge in [-0.25, -0.2) is 0 Å². The summed E-state index contributed by atoms with van der Waals surface area (Å²) in [4.78, 5) is 0. The molecule has 0 heterocycles. The average Bonchev–Trinajstić information content (AvgIpc) is 3.50. The molecule has 0 spiro atoms. The van der Waals surface area contributed by atoms with Crippen LogP contribution in [0.25, 0.3) is 0 Å². The van der Waals surface area contributed by atoms with E-state index in [4.69, 9.17) is 0 Å². The predicted molar refractivity (Wildman–Crippen MR) is 124 cm³/mol. The Labute approximate surface area is 221 Å². The fourth-order valence-corrected chi connectivity index (χ4v) is 6.16. The monoisotopic (exact) mass is 512 g/mol. The number of rotatable bonds is 0.